The lowest BCUT2D eigenvalue weighted by Crippen LogP contribution is -2.24. The fraction of sp³-hybridized carbons (Fsp3) is 0.462. The van der Waals surface area contributed by atoms with Crippen molar-refractivity contribution < 1.29 is 18.3 Å². The number of benzene rings is 1. The van der Waals surface area contributed by atoms with Gasteiger partial charge in [-0.2, -0.15) is 0 Å². The Labute approximate surface area is 118 Å². The van der Waals surface area contributed by atoms with Crippen LogP contribution in [0.15, 0.2) is 23.1 Å². The van der Waals surface area contributed by atoms with E-state index in [0.717, 1.165) is 6.42 Å². The van der Waals surface area contributed by atoms with Gasteiger partial charge >= 0.3 is 0 Å². The second kappa shape index (κ2) is 6.34. The number of unbranched alkanes of at least 4 members (excludes halogenated alkanes) is 2. The van der Waals surface area contributed by atoms with Crippen molar-refractivity contribution in [2.75, 3.05) is 18.5 Å². The Morgan fingerprint density at radius 1 is 1.25 bits per heavy atom. The van der Waals surface area contributed by atoms with E-state index >= 15 is 0 Å². The minimum absolute atomic E-state index is 0.119. The molecule has 1 amide bonds. The molecule has 0 spiro atoms. The summed E-state index contributed by atoms with van der Waals surface area (Å²) < 4.78 is 26.7. The average molecular weight is 298 g/mol. The van der Waals surface area contributed by atoms with Gasteiger partial charge in [0.1, 0.15) is 0 Å². The van der Waals surface area contributed by atoms with Crippen molar-refractivity contribution in [2.24, 2.45) is 0 Å². The monoisotopic (exact) mass is 298 g/mol. The molecule has 20 heavy (non-hydrogen) atoms. The van der Waals surface area contributed by atoms with Crippen LogP contribution in [0.25, 0.3) is 0 Å². The van der Waals surface area contributed by atoms with Crippen LogP contribution in [-0.2, 0) is 21.2 Å². The highest BCUT2D eigenvalue weighted by atomic mass is 32.2. The molecule has 0 aliphatic carbocycles. The number of fused-ring (bicyclic) bond motifs is 1. The Morgan fingerprint density at radius 3 is 2.80 bits per heavy atom. The topological polar surface area (TPSA) is 95.5 Å². The Balaban J connectivity index is 2.00. The molecule has 2 rings (SSSR count). The number of carbonyl (C=O) groups excluding carboxylic acids is 1. The molecule has 1 aromatic carbocycles. The molecule has 0 unspecified atom stereocenters. The minimum Gasteiger partial charge on any atom is -0.396 e. The molecule has 1 aliphatic rings. The van der Waals surface area contributed by atoms with E-state index in [1.54, 1.807) is 6.07 Å². The van der Waals surface area contributed by atoms with Crippen LogP contribution in [-0.4, -0.2) is 32.6 Å². The third-order valence-corrected chi connectivity index (χ3v) is 4.60. The number of rotatable bonds is 7. The number of aliphatic hydroxyl groups excluding tert-OH is 1. The molecule has 110 valence electrons. The Kier molecular flexibility index (Phi) is 4.74. The van der Waals surface area contributed by atoms with E-state index in [-0.39, 0.29) is 23.8 Å². The quantitative estimate of drug-likeness (QED) is 0.643. The van der Waals surface area contributed by atoms with Crippen molar-refractivity contribution in [1.29, 1.82) is 0 Å². The second-order valence-corrected chi connectivity index (χ2v) is 6.49. The highest BCUT2D eigenvalue weighted by molar-refractivity contribution is 7.89. The predicted molar refractivity (Wildman–Crippen MR) is 74.9 cm³/mol. The molecule has 3 N–H and O–H groups in total. The van der Waals surface area contributed by atoms with Gasteiger partial charge in [0, 0.05) is 18.8 Å². The molecule has 0 aromatic heterocycles. The maximum absolute atomic E-state index is 12.1. The van der Waals surface area contributed by atoms with Gasteiger partial charge in [0.25, 0.3) is 0 Å². The summed E-state index contributed by atoms with van der Waals surface area (Å²) in [7, 11) is -3.54. The van der Waals surface area contributed by atoms with Crippen LogP contribution in [0.4, 0.5) is 5.69 Å². The third kappa shape index (κ3) is 3.56. The molecule has 7 heteroatoms. The summed E-state index contributed by atoms with van der Waals surface area (Å²) in [5.74, 6) is -0.119. The zero-order valence-corrected chi connectivity index (χ0v) is 11.9. The van der Waals surface area contributed by atoms with Crippen molar-refractivity contribution in [3.63, 3.8) is 0 Å². The fourth-order valence-electron chi connectivity index (χ4n) is 2.08. The molecule has 1 aromatic rings. The lowest BCUT2D eigenvalue weighted by Gasteiger charge is -2.08. The molecular weight excluding hydrogens is 280 g/mol. The Hall–Kier alpha value is -1.44. The molecule has 6 nitrogen and oxygen atoms in total. The molecule has 0 radical (unpaired) electrons. The van der Waals surface area contributed by atoms with Gasteiger partial charge in [0.05, 0.1) is 11.3 Å². The number of anilines is 1. The van der Waals surface area contributed by atoms with Crippen LogP contribution in [0.3, 0.4) is 0 Å². The second-order valence-electron chi connectivity index (χ2n) is 4.73. The first-order valence-corrected chi connectivity index (χ1v) is 8.04. The zero-order chi connectivity index (χ0) is 14.6. The van der Waals surface area contributed by atoms with Crippen LogP contribution in [0, 0.1) is 0 Å². The van der Waals surface area contributed by atoms with E-state index < -0.39 is 10.0 Å². The standard InChI is InChI=1S/C13H18N2O4S/c16-7-3-1-2-6-14-20(18,19)11-4-5-12-10(8-11)9-13(17)15-12/h4-5,8,14,16H,1-3,6-7,9H2,(H,15,17). The lowest BCUT2D eigenvalue weighted by molar-refractivity contribution is -0.115. The lowest BCUT2D eigenvalue weighted by atomic mass is 10.2. The number of aliphatic hydroxyl groups is 1. The molecule has 0 saturated heterocycles. The maximum atomic E-state index is 12.1. The predicted octanol–water partition coefficient (Wildman–Crippen LogP) is 0.622. The Bertz CT molecular complexity index is 598. The number of sulfonamides is 1. The van der Waals surface area contributed by atoms with Gasteiger partial charge in [0.15, 0.2) is 0 Å². The molecular formula is C13H18N2O4S. The summed E-state index contributed by atoms with van der Waals surface area (Å²) in [4.78, 5) is 11.4. The smallest absolute Gasteiger partial charge is 0.240 e. The van der Waals surface area contributed by atoms with E-state index in [1.807, 2.05) is 0 Å². The third-order valence-electron chi connectivity index (χ3n) is 3.14. The summed E-state index contributed by atoms with van der Waals surface area (Å²) in [6, 6.07) is 4.63. The van der Waals surface area contributed by atoms with Crippen molar-refractivity contribution in [1.82, 2.24) is 4.72 Å². The van der Waals surface area contributed by atoms with Crippen molar-refractivity contribution in [3.8, 4) is 0 Å². The van der Waals surface area contributed by atoms with E-state index in [0.29, 0.717) is 30.6 Å². The van der Waals surface area contributed by atoms with Gasteiger partial charge in [0.2, 0.25) is 15.9 Å². The number of nitrogens with one attached hydrogen (secondary N) is 2. The van der Waals surface area contributed by atoms with E-state index in [4.69, 9.17) is 5.11 Å². The van der Waals surface area contributed by atoms with E-state index in [9.17, 15) is 13.2 Å². The summed E-state index contributed by atoms with van der Waals surface area (Å²) >= 11 is 0. The highest BCUT2D eigenvalue weighted by Crippen LogP contribution is 2.25. The average Bonchev–Trinajstić information content (AvgIpc) is 2.77. The molecule has 0 bridgehead atoms. The summed E-state index contributed by atoms with van der Waals surface area (Å²) in [5.41, 5.74) is 1.38. The van der Waals surface area contributed by atoms with Gasteiger partial charge in [-0.05, 0) is 43.0 Å². The van der Waals surface area contributed by atoms with E-state index in [1.165, 1.54) is 12.1 Å². The number of hydrogen-bond acceptors (Lipinski definition) is 4. The fourth-order valence-corrected chi connectivity index (χ4v) is 3.20. The van der Waals surface area contributed by atoms with Gasteiger partial charge in [-0.3, -0.25) is 4.79 Å². The van der Waals surface area contributed by atoms with Gasteiger partial charge in [-0.25, -0.2) is 13.1 Å². The maximum Gasteiger partial charge on any atom is 0.240 e. The Morgan fingerprint density at radius 2 is 2.05 bits per heavy atom. The summed E-state index contributed by atoms with van der Waals surface area (Å²) in [5, 5.41) is 11.3. The normalized spacial score (nSPS) is 14.2. The van der Waals surface area contributed by atoms with E-state index in [2.05, 4.69) is 10.0 Å². The molecule has 1 aliphatic heterocycles. The van der Waals surface area contributed by atoms with Crippen LogP contribution >= 0.6 is 0 Å². The minimum atomic E-state index is -3.54. The van der Waals surface area contributed by atoms with Gasteiger partial charge in [-0.1, -0.05) is 0 Å². The summed E-state index contributed by atoms with van der Waals surface area (Å²) in [6.07, 6.45) is 2.36. The molecule has 1 heterocycles. The van der Waals surface area contributed by atoms with Crippen molar-refractivity contribution in [2.45, 2.75) is 30.6 Å². The molecule has 0 fully saturated rings. The van der Waals surface area contributed by atoms with Crippen LogP contribution in [0.1, 0.15) is 24.8 Å². The highest BCUT2D eigenvalue weighted by Gasteiger charge is 2.21. The first kappa shape index (κ1) is 15.0. The van der Waals surface area contributed by atoms with Crippen molar-refractivity contribution in [3.05, 3.63) is 23.8 Å². The zero-order valence-electron chi connectivity index (χ0n) is 11.1. The first-order valence-electron chi connectivity index (χ1n) is 6.56. The molecule has 0 atom stereocenters. The van der Waals surface area contributed by atoms with Gasteiger partial charge in [-0.15, -0.1) is 0 Å². The molecule has 0 saturated carbocycles. The number of hydrogen-bond donors (Lipinski definition) is 3. The number of carbonyl (C=O) groups is 1. The summed E-state index contributed by atoms with van der Waals surface area (Å²) in [6.45, 7) is 0.467. The number of amides is 1. The SMILES string of the molecule is O=C1Cc2cc(S(=O)(=O)NCCCCCO)ccc2N1. The van der Waals surface area contributed by atoms with Crippen LogP contribution < -0.4 is 10.0 Å². The van der Waals surface area contributed by atoms with Crippen LogP contribution in [0.2, 0.25) is 0 Å². The van der Waals surface area contributed by atoms with Gasteiger partial charge < -0.3 is 10.4 Å². The first-order chi connectivity index (χ1) is 9.53. The largest absolute Gasteiger partial charge is 0.396 e. The van der Waals surface area contributed by atoms with Crippen LogP contribution in [0.5, 0.6) is 0 Å². The van der Waals surface area contributed by atoms with Crippen molar-refractivity contribution >= 4 is 21.6 Å².